The minimum atomic E-state index is -0.249. The Morgan fingerprint density at radius 2 is 1.88 bits per heavy atom. The smallest absolute Gasteiger partial charge is 0.129 e. The predicted molar refractivity (Wildman–Crippen MR) is 66.7 cm³/mol. The molecule has 0 atom stereocenters. The molecule has 0 bridgehead atoms. The molecule has 2 aromatic rings. The second-order valence-electron chi connectivity index (χ2n) is 3.66. The summed E-state index contributed by atoms with van der Waals surface area (Å²) in [6, 6.07) is 14.1. The van der Waals surface area contributed by atoms with E-state index in [2.05, 4.69) is 0 Å². The van der Waals surface area contributed by atoms with Crippen molar-refractivity contribution in [2.45, 2.75) is 12.5 Å². The van der Waals surface area contributed by atoms with E-state index >= 15 is 0 Å². The highest BCUT2D eigenvalue weighted by atomic mass is 35.5. The number of hydrogen-bond acceptors (Lipinski definition) is 1. The van der Waals surface area contributed by atoms with Crippen molar-refractivity contribution < 1.29 is 9.13 Å². The SMILES string of the molecule is Fc1ccccc1COc1cccc(CCl)c1. The van der Waals surface area contributed by atoms with Crippen LogP contribution >= 0.6 is 11.6 Å². The zero-order valence-corrected chi connectivity index (χ0v) is 9.95. The molecule has 2 aromatic carbocycles. The van der Waals surface area contributed by atoms with Gasteiger partial charge in [-0.05, 0) is 23.8 Å². The van der Waals surface area contributed by atoms with Crippen LogP contribution in [0.25, 0.3) is 0 Å². The predicted octanol–water partition coefficient (Wildman–Crippen LogP) is 4.14. The lowest BCUT2D eigenvalue weighted by Crippen LogP contribution is -1.98. The standard InChI is InChI=1S/C14H12ClFO/c15-9-11-4-3-6-13(8-11)17-10-12-5-1-2-7-14(12)16/h1-8H,9-10H2. The van der Waals surface area contributed by atoms with E-state index in [1.54, 1.807) is 18.2 Å². The van der Waals surface area contributed by atoms with E-state index in [4.69, 9.17) is 16.3 Å². The highest BCUT2D eigenvalue weighted by Crippen LogP contribution is 2.17. The topological polar surface area (TPSA) is 9.23 Å². The molecule has 0 unspecified atom stereocenters. The summed E-state index contributed by atoms with van der Waals surface area (Å²) in [5, 5.41) is 0. The Balaban J connectivity index is 2.05. The molecule has 0 saturated heterocycles. The first kappa shape index (κ1) is 11.9. The molecule has 17 heavy (non-hydrogen) atoms. The Morgan fingerprint density at radius 1 is 1.06 bits per heavy atom. The molecule has 88 valence electrons. The first-order chi connectivity index (χ1) is 8.29. The largest absolute Gasteiger partial charge is 0.489 e. The molecule has 0 aromatic heterocycles. The van der Waals surface area contributed by atoms with Crippen molar-refractivity contribution in [3.05, 3.63) is 65.5 Å². The molecular formula is C14H12ClFO. The lowest BCUT2D eigenvalue weighted by atomic mass is 10.2. The maximum atomic E-state index is 13.3. The van der Waals surface area contributed by atoms with E-state index in [0.717, 1.165) is 5.56 Å². The third kappa shape index (κ3) is 3.21. The molecule has 1 nitrogen and oxygen atoms in total. The molecule has 0 radical (unpaired) electrons. The van der Waals surface area contributed by atoms with E-state index < -0.39 is 0 Å². The van der Waals surface area contributed by atoms with Crippen LogP contribution in [0.3, 0.4) is 0 Å². The Bertz CT molecular complexity index is 499. The fourth-order valence-corrected chi connectivity index (χ4v) is 1.66. The van der Waals surface area contributed by atoms with Gasteiger partial charge in [0, 0.05) is 11.4 Å². The summed E-state index contributed by atoms with van der Waals surface area (Å²) in [6.07, 6.45) is 0. The first-order valence-corrected chi connectivity index (χ1v) is 5.84. The van der Waals surface area contributed by atoms with Gasteiger partial charge in [0.2, 0.25) is 0 Å². The van der Waals surface area contributed by atoms with Crippen molar-refractivity contribution in [1.82, 2.24) is 0 Å². The van der Waals surface area contributed by atoms with Gasteiger partial charge >= 0.3 is 0 Å². The van der Waals surface area contributed by atoms with Crippen molar-refractivity contribution in [3.63, 3.8) is 0 Å². The number of alkyl halides is 1. The van der Waals surface area contributed by atoms with Crippen molar-refractivity contribution in [3.8, 4) is 5.75 Å². The molecule has 0 fully saturated rings. The van der Waals surface area contributed by atoms with Gasteiger partial charge in [0.1, 0.15) is 18.2 Å². The Morgan fingerprint density at radius 3 is 2.65 bits per heavy atom. The van der Waals surface area contributed by atoms with Gasteiger partial charge < -0.3 is 4.74 Å². The van der Waals surface area contributed by atoms with E-state index in [1.165, 1.54) is 6.07 Å². The molecule has 0 N–H and O–H groups in total. The summed E-state index contributed by atoms with van der Waals surface area (Å²) in [7, 11) is 0. The Hall–Kier alpha value is -1.54. The second-order valence-corrected chi connectivity index (χ2v) is 3.93. The molecule has 0 aliphatic rings. The van der Waals surface area contributed by atoms with Crippen LogP contribution in [0.2, 0.25) is 0 Å². The summed E-state index contributed by atoms with van der Waals surface area (Å²) in [6.45, 7) is 0.221. The van der Waals surface area contributed by atoms with Crippen LogP contribution in [0.5, 0.6) is 5.75 Å². The molecular weight excluding hydrogens is 239 g/mol. The monoisotopic (exact) mass is 250 g/mol. The molecule has 0 heterocycles. The van der Waals surface area contributed by atoms with Crippen molar-refractivity contribution >= 4 is 11.6 Å². The van der Waals surface area contributed by atoms with Gasteiger partial charge in [-0.15, -0.1) is 11.6 Å². The average Bonchev–Trinajstić information content (AvgIpc) is 2.38. The van der Waals surface area contributed by atoms with Crippen LogP contribution in [0, 0.1) is 5.82 Å². The van der Waals surface area contributed by atoms with Crippen molar-refractivity contribution in [1.29, 1.82) is 0 Å². The maximum Gasteiger partial charge on any atom is 0.129 e. The molecule has 0 spiro atoms. The van der Waals surface area contributed by atoms with Gasteiger partial charge in [-0.1, -0.05) is 30.3 Å². The molecule has 0 aliphatic heterocycles. The fraction of sp³-hybridized carbons (Fsp3) is 0.143. The number of halogens is 2. The minimum absolute atomic E-state index is 0.221. The number of benzene rings is 2. The van der Waals surface area contributed by atoms with Gasteiger partial charge in [0.05, 0.1) is 0 Å². The second kappa shape index (κ2) is 5.69. The summed E-state index contributed by atoms with van der Waals surface area (Å²) in [4.78, 5) is 0. The van der Waals surface area contributed by atoms with Crippen LogP contribution < -0.4 is 4.74 Å². The zero-order valence-electron chi connectivity index (χ0n) is 9.20. The Labute approximate surface area is 105 Å². The molecule has 0 aliphatic carbocycles. The lowest BCUT2D eigenvalue weighted by Gasteiger charge is -2.07. The average molecular weight is 251 g/mol. The molecule has 2 rings (SSSR count). The minimum Gasteiger partial charge on any atom is -0.489 e. The summed E-state index contributed by atoms with van der Waals surface area (Å²) < 4.78 is 18.9. The van der Waals surface area contributed by atoms with Gasteiger partial charge in [0.25, 0.3) is 0 Å². The van der Waals surface area contributed by atoms with E-state index in [0.29, 0.717) is 17.2 Å². The lowest BCUT2D eigenvalue weighted by molar-refractivity contribution is 0.299. The first-order valence-electron chi connectivity index (χ1n) is 5.30. The summed E-state index contributed by atoms with van der Waals surface area (Å²) >= 11 is 5.73. The molecule has 3 heteroatoms. The van der Waals surface area contributed by atoms with Crippen LogP contribution in [0.1, 0.15) is 11.1 Å². The van der Waals surface area contributed by atoms with Gasteiger partial charge in [0.15, 0.2) is 0 Å². The Kier molecular flexibility index (Phi) is 3.99. The molecule has 0 saturated carbocycles. The summed E-state index contributed by atoms with van der Waals surface area (Å²) in [5.41, 5.74) is 1.53. The van der Waals surface area contributed by atoms with E-state index in [-0.39, 0.29) is 12.4 Å². The fourth-order valence-electron chi connectivity index (χ4n) is 1.49. The van der Waals surface area contributed by atoms with Gasteiger partial charge in [-0.3, -0.25) is 0 Å². The van der Waals surface area contributed by atoms with Crippen LogP contribution in [0.4, 0.5) is 4.39 Å². The summed E-state index contributed by atoms with van der Waals surface area (Å²) in [5.74, 6) is 0.893. The molecule has 0 amide bonds. The number of ether oxygens (including phenoxy) is 1. The zero-order chi connectivity index (χ0) is 12.1. The van der Waals surface area contributed by atoms with E-state index in [1.807, 2.05) is 24.3 Å². The third-order valence-electron chi connectivity index (χ3n) is 2.40. The normalized spacial score (nSPS) is 10.2. The van der Waals surface area contributed by atoms with Crippen LogP contribution in [0.15, 0.2) is 48.5 Å². The maximum absolute atomic E-state index is 13.3. The quantitative estimate of drug-likeness (QED) is 0.741. The van der Waals surface area contributed by atoms with Crippen molar-refractivity contribution in [2.75, 3.05) is 0 Å². The van der Waals surface area contributed by atoms with Gasteiger partial charge in [-0.25, -0.2) is 4.39 Å². The van der Waals surface area contributed by atoms with E-state index in [9.17, 15) is 4.39 Å². The van der Waals surface area contributed by atoms with Gasteiger partial charge in [-0.2, -0.15) is 0 Å². The van der Waals surface area contributed by atoms with Crippen molar-refractivity contribution in [2.24, 2.45) is 0 Å². The van der Waals surface area contributed by atoms with Crippen LogP contribution in [-0.2, 0) is 12.5 Å². The third-order valence-corrected chi connectivity index (χ3v) is 2.71. The number of hydrogen-bond donors (Lipinski definition) is 0. The number of rotatable bonds is 4. The highest BCUT2D eigenvalue weighted by Gasteiger charge is 2.02. The highest BCUT2D eigenvalue weighted by molar-refractivity contribution is 6.17. The van der Waals surface area contributed by atoms with Crippen LogP contribution in [-0.4, -0.2) is 0 Å².